The van der Waals surface area contributed by atoms with Gasteiger partial charge in [0.15, 0.2) is 0 Å². The van der Waals surface area contributed by atoms with E-state index >= 15 is 0 Å². The monoisotopic (exact) mass is 550 g/mol. The van der Waals surface area contributed by atoms with Crippen molar-refractivity contribution in [2.75, 3.05) is 0 Å². The minimum atomic E-state index is -0.771. The van der Waals surface area contributed by atoms with Crippen LogP contribution in [0.15, 0.2) is 96.1 Å². The summed E-state index contributed by atoms with van der Waals surface area (Å²) in [6, 6.07) is 21.8. The molecule has 1 N–H and O–H groups in total. The zero-order valence-electron chi connectivity index (χ0n) is 19.4. The third kappa shape index (κ3) is 6.82. The predicted octanol–water partition coefficient (Wildman–Crippen LogP) is 6.33. The van der Waals surface area contributed by atoms with Crippen LogP contribution >= 0.6 is 23.2 Å². The van der Waals surface area contributed by atoms with Crippen LogP contribution < -0.4 is 14.9 Å². The molecule has 1 amide bonds. The van der Waals surface area contributed by atoms with E-state index in [-0.39, 0.29) is 33.8 Å². The van der Waals surface area contributed by atoms with Gasteiger partial charge < -0.3 is 9.47 Å². The summed E-state index contributed by atoms with van der Waals surface area (Å²) in [6.07, 6.45) is 1.20. The molecule has 0 radical (unpaired) electrons. The first-order valence-corrected chi connectivity index (χ1v) is 11.7. The molecule has 4 aromatic carbocycles. The van der Waals surface area contributed by atoms with Gasteiger partial charge in [-0.1, -0.05) is 35.3 Å². The number of nitrogens with zero attached hydrogens (tertiary/aromatic N) is 1. The zero-order valence-corrected chi connectivity index (χ0v) is 20.9. The van der Waals surface area contributed by atoms with Gasteiger partial charge in [-0.25, -0.2) is 19.4 Å². The van der Waals surface area contributed by atoms with E-state index in [1.165, 1.54) is 79.0 Å². The quantitative estimate of drug-likeness (QED) is 0.125. The van der Waals surface area contributed by atoms with E-state index in [2.05, 4.69) is 10.5 Å². The van der Waals surface area contributed by atoms with Crippen molar-refractivity contribution < 1.29 is 28.2 Å². The molecule has 0 saturated heterocycles. The second-order valence-electron chi connectivity index (χ2n) is 7.67. The number of benzene rings is 4. The summed E-state index contributed by atoms with van der Waals surface area (Å²) in [6.45, 7) is 0. The van der Waals surface area contributed by atoms with Gasteiger partial charge in [0.25, 0.3) is 5.91 Å². The molecule has 190 valence electrons. The fourth-order valence-corrected chi connectivity index (χ4v) is 3.39. The summed E-state index contributed by atoms with van der Waals surface area (Å²) < 4.78 is 24.8. The minimum absolute atomic E-state index is 0.0183. The molecule has 0 bridgehead atoms. The molecule has 4 rings (SSSR count). The molecule has 0 unspecified atom stereocenters. The lowest BCUT2D eigenvalue weighted by molar-refractivity contribution is 0.0732. The van der Waals surface area contributed by atoms with E-state index in [9.17, 15) is 18.8 Å². The second-order valence-corrected chi connectivity index (χ2v) is 8.54. The fourth-order valence-electron chi connectivity index (χ4n) is 3.14. The van der Waals surface area contributed by atoms with Gasteiger partial charge in [-0.3, -0.25) is 4.79 Å². The van der Waals surface area contributed by atoms with Gasteiger partial charge in [-0.2, -0.15) is 5.10 Å². The number of rotatable bonds is 7. The normalized spacial score (nSPS) is 10.7. The van der Waals surface area contributed by atoms with E-state index in [1.54, 1.807) is 12.1 Å². The van der Waals surface area contributed by atoms with Crippen LogP contribution in [-0.4, -0.2) is 24.1 Å². The smallest absolute Gasteiger partial charge is 0.343 e. The van der Waals surface area contributed by atoms with E-state index in [0.29, 0.717) is 10.0 Å². The Labute approximate surface area is 226 Å². The van der Waals surface area contributed by atoms with Gasteiger partial charge in [-0.15, -0.1) is 0 Å². The number of hydrogen-bond acceptors (Lipinski definition) is 6. The molecule has 10 heteroatoms. The Kier molecular flexibility index (Phi) is 8.47. The van der Waals surface area contributed by atoms with Crippen molar-refractivity contribution in [2.45, 2.75) is 0 Å². The first-order chi connectivity index (χ1) is 18.3. The molecule has 0 spiro atoms. The third-order valence-electron chi connectivity index (χ3n) is 5.05. The highest BCUT2D eigenvalue weighted by Crippen LogP contribution is 2.26. The summed E-state index contributed by atoms with van der Waals surface area (Å²) >= 11 is 11.7. The predicted molar refractivity (Wildman–Crippen MR) is 141 cm³/mol. The van der Waals surface area contributed by atoms with Gasteiger partial charge >= 0.3 is 11.9 Å². The van der Waals surface area contributed by atoms with E-state index < -0.39 is 23.7 Å². The van der Waals surface area contributed by atoms with Crippen molar-refractivity contribution in [3.8, 4) is 11.5 Å². The average Bonchev–Trinajstić information content (AvgIpc) is 2.90. The number of hydrazone groups is 1. The summed E-state index contributed by atoms with van der Waals surface area (Å²) in [5, 5.41) is 4.74. The van der Waals surface area contributed by atoms with E-state index in [1.807, 2.05) is 0 Å². The molecule has 0 aliphatic heterocycles. The lowest BCUT2D eigenvalue weighted by Gasteiger charge is -2.11. The number of nitrogens with one attached hydrogen (secondary N) is 1. The third-order valence-corrected chi connectivity index (χ3v) is 5.55. The Balaban J connectivity index is 1.57. The number of carbonyl (C=O) groups excluding carboxylic acids is 3. The van der Waals surface area contributed by atoms with Gasteiger partial charge in [0.2, 0.25) is 0 Å². The van der Waals surface area contributed by atoms with Crippen LogP contribution in [0, 0.1) is 5.82 Å². The van der Waals surface area contributed by atoms with Crippen LogP contribution in [0.2, 0.25) is 10.0 Å². The fraction of sp³-hybridized carbons (Fsp3) is 0. The molecule has 7 nitrogen and oxygen atoms in total. The number of ether oxygens (including phenoxy) is 2. The molecule has 0 aliphatic rings. The standard InChI is InChI=1S/C28H17Cl2FN2O5/c29-20-10-5-17(6-11-20)27(35)37-22-14-9-19(16-32-33-26(34)23-3-1-2-4-24(23)31)25(15-22)38-28(36)18-7-12-21(30)13-8-18/h1-16H,(H,33,34)/b32-16-. The van der Waals surface area contributed by atoms with Gasteiger partial charge in [-0.05, 0) is 72.8 Å². The van der Waals surface area contributed by atoms with Crippen molar-refractivity contribution in [1.82, 2.24) is 5.43 Å². The highest BCUT2D eigenvalue weighted by molar-refractivity contribution is 6.31. The maximum absolute atomic E-state index is 13.8. The van der Waals surface area contributed by atoms with Crippen LogP contribution in [0.3, 0.4) is 0 Å². The lowest BCUT2D eigenvalue weighted by atomic mass is 10.2. The topological polar surface area (TPSA) is 94.1 Å². The summed E-state index contributed by atoms with van der Waals surface area (Å²) in [4.78, 5) is 37.5. The Morgan fingerprint density at radius 1 is 0.763 bits per heavy atom. The molecule has 38 heavy (non-hydrogen) atoms. The van der Waals surface area contributed by atoms with Gasteiger partial charge in [0.1, 0.15) is 17.3 Å². The molecule has 0 aromatic heterocycles. The lowest BCUT2D eigenvalue weighted by Crippen LogP contribution is -2.19. The summed E-state index contributed by atoms with van der Waals surface area (Å²) in [7, 11) is 0. The SMILES string of the molecule is O=C(Oc1ccc(/C=N\NC(=O)c2ccccc2F)c(OC(=O)c2ccc(Cl)cc2)c1)c1ccc(Cl)cc1. The van der Waals surface area contributed by atoms with E-state index in [4.69, 9.17) is 32.7 Å². The number of carbonyl (C=O) groups is 3. The number of amides is 1. The average molecular weight is 551 g/mol. The first kappa shape index (κ1) is 26.5. The van der Waals surface area contributed by atoms with Crippen LogP contribution in [0.1, 0.15) is 36.6 Å². The van der Waals surface area contributed by atoms with Crippen LogP contribution in [0.4, 0.5) is 4.39 Å². The van der Waals surface area contributed by atoms with Crippen LogP contribution in [0.25, 0.3) is 0 Å². The second kappa shape index (κ2) is 12.1. The largest absolute Gasteiger partial charge is 0.423 e. The van der Waals surface area contributed by atoms with Crippen LogP contribution in [-0.2, 0) is 0 Å². The summed E-state index contributed by atoms with van der Waals surface area (Å²) in [5.74, 6) is -2.79. The van der Waals surface area contributed by atoms with Crippen LogP contribution in [0.5, 0.6) is 11.5 Å². The maximum atomic E-state index is 13.8. The number of hydrogen-bond donors (Lipinski definition) is 1. The number of halogens is 3. The zero-order chi connectivity index (χ0) is 27.1. The maximum Gasteiger partial charge on any atom is 0.343 e. The Morgan fingerprint density at radius 3 is 1.95 bits per heavy atom. The van der Waals surface area contributed by atoms with Crippen molar-refractivity contribution in [3.05, 3.63) is 129 Å². The molecular weight excluding hydrogens is 534 g/mol. The Bertz CT molecular complexity index is 1520. The Morgan fingerprint density at radius 2 is 1.34 bits per heavy atom. The molecule has 0 heterocycles. The Hall–Kier alpha value is -4.53. The number of esters is 2. The van der Waals surface area contributed by atoms with Gasteiger partial charge in [0, 0.05) is 21.7 Å². The molecule has 0 fully saturated rings. The molecule has 0 atom stereocenters. The summed E-state index contributed by atoms with van der Waals surface area (Å²) in [5.41, 5.74) is 2.76. The molecule has 0 saturated carbocycles. The van der Waals surface area contributed by atoms with Crippen molar-refractivity contribution in [1.29, 1.82) is 0 Å². The minimum Gasteiger partial charge on any atom is -0.423 e. The highest BCUT2D eigenvalue weighted by Gasteiger charge is 2.15. The first-order valence-electron chi connectivity index (χ1n) is 11.0. The van der Waals surface area contributed by atoms with Crippen molar-refractivity contribution >= 4 is 47.3 Å². The molecular formula is C28H17Cl2FN2O5. The van der Waals surface area contributed by atoms with Crippen molar-refractivity contribution in [3.63, 3.8) is 0 Å². The highest BCUT2D eigenvalue weighted by atomic mass is 35.5. The molecule has 0 aliphatic carbocycles. The molecule has 4 aromatic rings. The van der Waals surface area contributed by atoms with Crippen molar-refractivity contribution in [2.24, 2.45) is 5.10 Å². The van der Waals surface area contributed by atoms with E-state index in [0.717, 1.165) is 6.07 Å². The van der Waals surface area contributed by atoms with Gasteiger partial charge in [0.05, 0.1) is 22.9 Å².